The summed E-state index contributed by atoms with van der Waals surface area (Å²) < 4.78 is 58.0. The molecule has 0 saturated heterocycles. The Bertz CT molecular complexity index is 763. The number of hydrogen-bond donors (Lipinski definition) is 1. The van der Waals surface area contributed by atoms with Gasteiger partial charge in [0.25, 0.3) is 12.9 Å². The first-order chi connectivity index (χ1) is 12.6. The maximum atomic E-state index is 13.4. The van der Waals surface area contributed by atoms with Crippen molar-refractivity contribution in [2.75, 3.05) is 6.61 Å². The molecule has 0 aliphatic heterocycles. The van der Waals surface area contributed by atoms with Crippen molar-refractivity contribution in [1.82, 2.24) is 9.97 Å². The minimum absolute atomic E-state index is 0.0291. The first-order valence-corrected chi connectivity index (χ1v) is 8.52. The molecule has 2 aromatic heterocycles. The normalized spacial score (nSPS) is 13.3. The van der Waals surface area contributed by atoms with Gasteiger partial charge in [0.1, 0.15) is 17.1 Å². The molecule has 0 spiro atoms. The van der Waals surface area contributed by atoms with Crippen LogP contribution in [0, 0.1) is 5.92 Å². The molecule has 0 aliphatic rings. The lowest BCUT2D eigenvalue weighted by atomic mass is 9.93. The van der Waals surface area contributed by atoms with Gasteiger partial charge in [0.15, 0.2) is 0 Å². The maximum Gasteiger partial charge on any atom is 0.284 e. The number of hydrogen-bond acceptors (Lipinski definition) is 4. The topological polar surface area (TPSA) is 61.0 Å². The summed E-state index contributed by atoms with van der Waals surface area (Å²) in [5, 5.41) is 0. The Hall–Kier alpha value is -2.22. The Kier molecular flexibility index (Phi) is 6.75. The van der Waals surface area contributed by atoms with Crippen LogP contribution in [-0.4, -0.2) is 22.1 Å². The molecule has 2 aromatic rings. The monoisotopic (exact) mass is 385 g/mol. The van der Waals surface area contributed by atoms with Gasteiger partial charge in [0, 0.05) is 17.3 Å². The number of aromatic nitrogens is 2. The number of rotatable bonds is 8. The lowest BCUT2D eigenvalue weighted by Crippen LogP contribution is -2.35. The zero-order valence-electron chi connectivity index (χ0n) is 15.4. The fraction of sp³-hybridized carbons (Fsp3) is 0.474. The fourth-order valence-electron chi connectivity index (χ4n) is 2.82. The second-order valence-corrected chi connectivity index (χ2v) is 7.26. The van der Waals surface area contributed by atoms with E-state index in [0.717, 1.165) is 6.07 Å². The van der Waals surface area contributed by atoms with E-state index in [2.05, 4.69) is 9.97 Å². The van der Waals surface area contributed by atoms with Crippen LogP contribution in [0.2, 0.25) is 0 Å². The van der Waals surface area contributed by atoms with Crippen LogP contribution < -0.4 is 10.5 Å². The zero-order valence-corrected chi connectivity index (χ0v) is 15.4. The minimum Gasteiger partial charge on any atom is -0.491 e. The summed E-state index contributed by atoms with van der Waals surface area (Å²) in [6.45, 7) is 5.90. The first kappa shape index (κ1) is 21.1. The first-order valence-electron chi connectivity index (χ1n) is 8.52. The van der Waals surface area contributed by atoms with Crippen molar-refractivity contribution >= 4 is 0 Å². The van der Waals surface area contributed by atoms with E-state index in [4.69, 9.17) is 10.5 Å². The molecule has 8 heteroatoms. The summed E-state index contributed by atoms with van der Waals surface area (Å²) >= 11 is 0. The molecule has 0 fully saturated rings. The van der Waals surface area contributed by atoms with Gasteiger partial charge in [-0.05, 0) is 50.5 Å². The molecule has 0 aromatic carbocycles. The van der Waals surface area contributed by atoms with Gasteiger partial charge in [-0.25, -0.2) is 22.5 Å². The van der Waals surface area contributed by atoms with Crippen LogP contribution in [0.3, 0.4) is 0 Å². The van der Waals surface area contributed by atoms with Crippen LogP contribution in [0.15, 0.2) is 30.5 Å². The number of nitrogens with zero attached hydrogens (tertiary/aromatic N) is 2. The molecule has 0 unspecified atom stereocenters. The van der Waals surface area contributed by atoms with Crippen LogP contribution in [0.4, 0.5) is 17.6 Å². The Morgan fingerprint density at radius 2 is 1.81 bits per heavy atom. The summed E-state index contributed by atoms with van der Waals surface area (Å²) in [7, 11) is 0. The van der Waals surface area contributed by atoms with Gasteiger partial charge in [0.2, 0.25) is 0 Å². The van der Waals surface area contributed by atoms with E-state index in [1.165, 1.54) is 24.4 Å². The summed E-state index contributed by atoms with van der Waals surface area (Å²) in [5.74, 6) is 0.0302. The van der Waals surface area contributed by atoms with Crippen LogP contribution >= 0.6 is 0 Å². The third-order valence-electron chi connectivity index (χ3n) is 3.79. The molecular weight excluding hydrogens is 362 g/mol. The van der Waals surface area contributed by atoms with Crippen molar-refractivity contribution in [3.8, 4) is 17.0 Å². The largest absolute Gasteiger partial charge is 0.491 e. The van der Waals surface area contributed by atoms with Crippen LogP contribution in [-0.2, 0) is 0 Å². The van der Waals surface area contributed by atoms with E-state index in [1.807, 2.05) is 20.8 Å². The maximum absolute atomic E-state index is 13.4. The molecule has 0 bridgehead atoms. The SMILES string of the molecule is C[C@H](COc1ccc(-c2ccnc(C(F)F)c2)nc1C(F)F)CC(C)(C)N. The van der Waals surface area contributed by atoms with Gasteiger partial charge in [-0.3, -0.25) is 4.98 Å². The van der Waals surface area contributed by atoms with Gasteiger partial charge in [-0.2, -0.15) is 0 Å². The van der Waals surface area contributed by atoms with E-state index in [1.54, 1.807) is 0 Å². The Morgan fingerprint density at radius 1 is 1.11 bits per heavy atom. The predicted octanol–water partition coefficient (Wildman–Crippen LogP) is 5.16. The highest BCUT2D eigenvalue weighted by Crippen LogP contribution is 2.31. The molecule has 0 saturated carbocycles. The van der Waals surface area contributed by atoms with Gasteiger partial charge < -0.3 is 10.5 Å². The summed E-state index contributed by atoms with van der Waals surface area (Å²) in [6.07, 6.45) is -3.76. The third kappa shape index (κ3) is 6.16. The van der Waals surface area contributed by atoms with E-state index < -0.39 is 24.2 Å². The average Bonchev–Trinajstić information content (AvgIpc) is 2.58. The predicted molar refractivity (Wildman–Crippen MR) is 94.9 cm³/mol. The molecule has 1 atom stereocenters. The Balaban J connectivity index is 2.23. The van der Waals surface area contributed by atoms with Gasteiger partial charge in [-0.1, -0.05) is 6.92 Å². The number of ether oxygens (including phenoxy) is 1. The average molecular weight is 385 g/mol. The molecule has 2 rings (SSSR count). The number of nitrogens with two attached hydrogens (primary N) is 1. The van der Waals surface area contributed by atoms with Crippen molar-refractivity contribution < 1.29 is 22.3 Å². The van der Waals surface area contributed by atoms with Crippen molar-refractivity contribution in [2.24, 2.45) is 11.7 Å². The molecule has 0 aliphatic carbocycles. The van der Waals surface area contributed by atoms with Gasteiger partial charge in [0.05, 0.1) is 12.3 Å². The molecular formula is C19H23F4N3O. The van der Waals surface area contributed by atoms with Crippen molar-refractivity contribution in [1.29, 1.82) is 0 Å². The smallest absolute Gasteiger partial charge is 0.284 e. The van der Waals surface area contributed by atoms with E-state index >= 15 is 0 Å². The summed E-state index contributed by atoms with van der Waals surface area (Å²) in [6, 6.07) is 5.42. The molecule has 0 radical (unpaired) electrons. The highest BCUT2D eigenvalue weighted by molar-refractivity contribution is 5.60. The van der Waals surface area contributed by atoms with Gasteiger partial charge in [-0.15, -0.1) is 0 Å². The third-order valence-corrected chi connectivity index (χ3v) is 3.79. The lowest BCUT2D eigenvalue weighted by Gasteiger charge is -2.23. The quantitative estimate of drug-likeness (QED) is 0.638. The van der Waals surface area contributed by atoms with Crippen molar-refractivity contribution in [2.45, 2.75) is 45.6 Å². The molecule has 27 heavy (non-hydrogen) atoms. The molecule has 2 N–H and O–H groups in total. The second kappa shape index (κ2) is 8.65. The van der Waals surface area contributed by atoms with Gasteiger partial charge >= 0.3 is 0 Å². The van der Waals surface area contributed by atoms with E-state index in [0.29, 0.717) is 6.42 Å². The van der Waals surface area contributed by atoms with Crippen molar-refractivity contribution in [3.63, 3.8) is 0 Å². The highest BCUT2D eigenvalue weighted by Gasteiger charge is 2.21. The zero-order chi connectivity index (χ0) is 20.2. The molecule has 148 valence electrons. The van der Waals surface area contributed by atoms with Crippen LogP contribution in [0.25, 0.3) is 11.3 Å². The molecule has 0 amide bonds. The lowest BCUT2D eigenvalue weighted by molar-refractivity contribution is 0.136. The minimum atomic E-state index is -2.86. The summed E-state index contributed by atoms with van der Waals surface area (Å²) in [4.78, 5) is 7.48. The Labute approximate surface area is 155 Å². The molecule has 4 nitrogen and oxygen atoms in total. The molecule has 2 heterocycles. The Morgan fingerprint density at radius 3 is 2.41 bits per heavy atom. The van der Waals surface area contributed by atoms with Crippen LogP contribution in [0.1, 0.15) is 51.4 Å². The van der Waals surface area contributed by atoms with E-state index in [-0.39, 0.29) is 35.1 Å². The summed E-state index contributed by atoms with van der Waals surface area (Å²) in [5.41, 5.74) is 5.04. The van der Waals surface area contributed by atoms with Crippen LogP contribution in [0.5, 0.6) is 5.75 Å². The standard InChI is InChI=1S/C19H23F4N3O/c1-11(9-19(2,3)24)10-27-15-5-4-13(26-16(15)18(22)23)12-6-7-25-14(8-12)17(20)21/h4-8,11,17-18H,9-10,24H2,1-3H3/t11-/m0/s1. The fourth-order valence-corrected chi connectivity index (χ4v) is 2.82. The van der Waals surface area contributed by atoms with Crippen molar-refractivity contribution in [3.05, 3.63) is 41.9 Å². The van der Waals surface area contributed by atoms with E-state index in [9.17, 15) is 17.6 Å². The highest BCUT2D eigenvalue weighted by atomic mass is 19.3. The second-order valence-electron chi connectivity index (χ2n) is 7.26. The number of alkyl halides is 4. The number of pyridine rings is 2. The number of halogens is 4.